The van der Waals surface area contributed by atoms with Crippen LogP contribution in [-0.4, -0.2) is 18.6 Å². The van der Waals surface area contributed by atoms with E-state index in [2.05, 4.69) is 12.2 Å². The van der Waals surface area contributed by atoms with Gasteiger partial charge in [-0.3, -0.25) is 4.79 Å². The van der Waals surface area contributed by atoms with Gasteiger partial charge < -0.3 is 10.1 Å². The van der Waals surface area contributed by atoms with Crippen molar-refractivity contribution in [2.75, 3.05) is 11.9 Å². The van der Waals surface area contributed by atoms with Crippen molar-refractivity contribution in [1.29, 1.82) is 0 Å². The SMILES string of the molecule is CC1CCC(OC(=O)C2CNc3ccccc32)CC1. The molecule has 1 saturated carbocycles. The second kappa shape index (κ2) is 5.24. The Morgan fingerprint density at radius 2 is 1.95 bits per heavy atom. The summed E-state index contributed by atoms with van der Waals surface area (Å²) in [7, 11) is 0. The van der Waals surface area contributed by atoms with Crippen LogP contribution in [0.25, 0.3) is 0 Å². The fraction of sp³-hybridized carbons (Fsp3) is 0.562. The Balaban J connectivity index is 1.63. The van der Waals surface area contributed by atoms with Gasteiger partial charge in [-0.05, 0) is 43.2 Å². The molecule has 1 aromatic rings. The van der Waals surface area contributed by atoms with Crippen LogP contribution < -0.4 is 5.32 Å². The highest BCUT2D eigenvalue weighted by atomic mass is 16.5. The van der Waals surface area contributed by atoms with Crippen molar-refractivity contribution in [2.24, 2.45) is 5.92 Å². The van der Waals surface area contributed by atoms with Gasteiger partial charge in [0.2, 0.25) is 0 Å². The van der Waals surface area contributed by atoms with E-state index >= 15 is 0 Å². The van der Waals surface area contributed by atoms with Crippen LogP contribution in [0.5, 0.6) is 0 Å². The molecular formula is C16H21NO2. The zero-order valence-electron chi connectivity index (χ0n) is 11.4. The number of para-hydroxylation sites is 1. The molecule has 0 spiro atoms. The van der Waals surface area contributed by atoms with Crippen molar-refractivity contribution in [3.63, 3.8) is 0 Å². The van der Waals surface area contributed by atoms with Crippen LogP contribution in [0.3, 0.4) is 0 Å². The van der Waals surface area contributed by atoms with Gasteiger partial charge in [-0.15, -0.1) is 0 Å². The molecule has 2 aliphatic rings. The van der Waals surface area contributed by atoms with E-state index in [0.717, 1.165) is 30.0 Å². The number of benzene rings is 1. The third kappa shape index (κ3) is 2.60. The van der Waals surface area contributed by atoms with Gasteiger partial charge in [-0.2, -0.15) is 0 Å². The Bertz CT molecular complexity index is 464. The largest absolute Gasteiger partial charge is 0.462 e. The summed E-state index contributed by atoms with van der Waals surface area (Å²) in [5.74, 6) is 0.594. The summed E-state index contributed by atoms with van der Waals surface area (Å²) in [6, 6.07) is 8.01. The van der Waals surface area contributed by atoms with Crippen LogP contribution in [0.1, 0.15) is 44.1 Å². The number of hydrogen-bond donors (Lipinski definition) is 1. The highest BCUT2D eigenvalue weighted by Gasteiger charge is 2.31. The van der Waals surface area contributed by atoms with Crippen LogP contribution in [0.2, 0.25) is 0 Å². The number of nitrogens with one attached hydrogen (secondary N) is 1. The standard InChI is InChI=1S/C16H21NO2/c1-11-6-8-12(9-7-11)19-16(18)14-10-17-15-5-3-2-4-13(14)15/h2-5,11-12,14,17H,6-10H2,1H3. The maximum Gasteiger partial charge on any atom is 0.315 e. The average Bonchev–Trinajstić information content (AvgIpc) is 2.85. The summed E-state index contributed by atoms with van der Waals surface area (Å²) in [6.45, 7) is 2.94. The maximum atomic E-state index is 12.3. The molecule has 0 saturated heterocycles. The van der Waals surface area contributed by atoms with Crippen molar-refractivity contribution in [3.05, 3.63) is 29.8 Å². The van der Waals surface area contributed by atoms with Crippen molar-refractivity contribution >= 4 is 11.7 Å². The first kappa shape index (κ1) is 12.5. The second-order valence-corrected chi connectivity index (χ2v) is 5.84. The summed E-state index contributed by atoms with van der Waals surface area (Å²) in [5.41, 5.74) is 2.15. The summed E-state index contributed by atoms with van der Waals surface area (Å²) >= 11 is 0. The van der Waals surface area contributed by atoms with Gasteiger partial charge in [0, 0.05) is 12.2 Å². The minimum atomic E-state index is -0.129. The highest BCUT2D eigenvalue weighted by Crippen LogP contribution is 2.33. The highest BCUT2D eigenvalue weighted by molar-refractivity contribution is 5.84. The van der Waals surface area contributed by atoms with Crippen molar-refractivity contribution in [2.45, 2.75) is 44.6 Å². The number of fused-ring (bicyclic) bond motifs is 1. The smallest absolute Gasteiger partial charge is 0.315 e. The molecule has 3 nitrogen and oxygen atoms in total. The number of rotatable bonds is 2. The maximum absolute atomic E-state index is 12.3. The molecule has 1 aliphatic carbocycles. The first-order valence-corrected chi connectivity index (χ1v) is 7.27. The van der Waals surface area contributed by atoms with E-state index in [1.54, 1.807) is 0 Å². The Morgan fingerprint density at radius 3 is 2.74 bits per heavy atom. The molecule has 19 heavy (non-hydrogen) atoms. The molecule has 1 N–H and O–H groups in total. The molecule has 1 aromatic carbocycles. The first-order valence-electron chi connectivity index (χ1n) is 7.27. The fourth-order valence-electron chi connectivity index (χ4n) is 3.09. The van der Waals surface area contributed by atoms with Gasteiger partial charge in [0.25, 0.3) is 0 Å². The molecule has 0 bridgehead atoms. The minimum Gasteiger partial charge on any atom is -0.462 e. The van der Waals surface area contributed by atoms with Crippen LogP contribution in [0.4, 0.5) is 5.69 Å². The lowest BCUT2D eigenvalue weighted by Gasteiger charge is -2.27. The Labute approximate surface area is 114 Å². The molecule has 0 aromatic heterocycles. The zero-order valence-corrected chi connectivity index (χ0v) is 11.4. The topological polar surface area (TPSA) is 38.3 Å². The second-order valence-electron chi connectivity index (χ2n) is 5.84. The Hall–Kier alpha value is -1.51. The molecule has 1 atom stereocenters. The van der Waals surface area contributed by atoms with Crippen LogP contribution >= 0.6 is 0 Å². The number of ether oxygens (including phenoxy) is 1. The molecule has 1 unspecified atom stereocenters. The molecule has 0 amide bonds. The van der Waals surface area contributed by atoms with E-state index in [9.17, 15) is 4.79 Å². The van der Waals surface area contributed by atoms with E-state index in [1.165, 1.54) is 12.8 Å². The molecular weight excluding hydrogens is 238 g/mol. The summed E-state index contributed by atoms with van der Waals surface area (Å²) in [4.78, 5) is 12.3. The number of hydrogen-bond acceptors (Lipinski definition) is 3. The lowest BCUT2D eigenvalue weighted by molar-refractivity contribution is -0.152. The van der Waals surface area contributed by atoms with Crippen molar-refractivity contribution in [3.8, 4) is 0 Å². The van der Waals surface area contributed by atoms with E-state index < -0.39 is 0 Å². The zero-order chi connectivity index (χ0) is 13.2. The normalized spacial score (nSPS) is 29.4. The molecule has 1 aliphatic heterocycles. The third-order valence-electron chi connectivity index (χ3n) is 4.36. The predicted molar refractivity (Wildman–Crippen MR) is 75.2 cm³/mol. The predicted octanol–water partition coefficient (Wildman–Crippen LogP) is 3.32. The molecule has 102 valence electrons. The number of anilines is 1. The quantitative estimate of drug-likeness (QED) is 0.828. The Morgan fingerprint density at radius 1 is 1.21 bits per heavy atom. The lowest BCUT2D eigenvalue weighted by Crippen LogP contribution is -2.27. The van der Waals surface area contributed by atoms with E-state index in [0.29, 0.717) is 6.54 Å². The van der Waals surface area contributed by atoms with E-state index in [1.807, 2.05) is 24.3 Å². The molecule has 0 radical (unpaired) electrons. The monoisotopic (exact) mass is 259 g/mol. The number of carbonyl (C=O) groups excluding carboxylic acids is 1. The Kier molecular flexibility index (Phi) is 3.45. The number of carbonyl (C=O) groups is 1. The summed E-state index contributed by atoms with van der Waals surface area (Å²) < 4.78 is 5.70. The molecule has 1 fully saturated rings. The van der Waals surface area contributed by atoms with Gasteiger partial charge in [0.15, 0.2) is 0 Å². The van der Waals surface area contributed by atoms with E-state index in [-0.39, 0.29) is 18.0 Å². The number of esters is 1. The van der Waals surface area contributed by atoms with Gasteiger partial charge in [0.1, 0.15) is 12.0 Å². The van der Waals surface area contributed by atoms with Gasteiger partial charge in [-0.1, -0.05) is 25.1 Å². The van der Waals surface area contributed by atoms with Crippen LogP contribution in [-0.2, 0) is 9.53 Å². The molecule has 3 rings (SSSR count). The average molecular weight is 259 g/mol. The minimum absolute atomic E-state index is 0.0583. The third-order valence-corrected chi connectivity index (χ3v) is 4.36. The van der Waals surface area contributed by atoms with Gasteiger partial charge >= 0.3 is 5.97 Å². The van der Waals surface area contributed by atoms with E-state index in [4.69, 9.17) is 4.74 Å². The lowest BCUT2D eigenvalue weighted by atomic mass is 9.89. The molecule has 3 heteroatoms. The summed E-state index contributed by atoms with van der Waals surface area (Å²) in [5, 5.41) is 3.27. The van der Waals surface area contributed by atoms with Crippen LogP contribution in [0, 0.1) is 5.92 Å². The first-order chi connectivity index (χ1) is 9.24. The fourth-order valence-corrected chi connectivity index (χ4v) is 3.09. The van der Waals surface area contributed by atoms with Crippen LogP contribution in [0.15, 0.2) is 24.3 Å². The molecule has 1 heterocycles. The van der Waals surface area contributed by atoms with Crippen molar-refractivity contribution in [1.82, 2.24) is 0 Å². The van der Waals surface area contributed by atoms with Gasteiger partial charge in [0.05, 0.1) is 0 Å². The summed E-state index contributed by atoms with van der Waals surface area (Å²) in [6.07, 6.45) is 4.54. The van der Waals surface area contributed by atoms with Gasteiger partial charge in [-0.25, -0.2) is 0 Å². The van der Waals surface area contributed by atoms with Crippen molar-refractivity contribution < 1.29 is 9.53 Å².